The van der Waals surface area contributed by atoms with E-state index < -0.39 is 17.9 Å². The normalized spacial score (nSPS) is 13.2. The van der Waals surface area contributed by atoms with Gasteiger partial charge in [-0.3, -0.25) is 14.4 Å². The molecule has 0 aromatic carbocycles. The van der Waals surface area contributed by atoms with Crippen molar-refractivity contribution in [3.05, 3.63) is 0 Å². The number of amides is 1. The summed E-state index contributed by atoms with van der Waals surface area (Å²) >= 11 is 0. The van der Waals surface area contributed by atoms with Crippen molar-refractivity contribution in [2.75, 3.05) is 26.7 Å². The summed E-state index contributed by atoms with van der Waals surface area (Å²) in [7, 11) is 1.30. The zero-order valence-electron chi connectivity index (χ0n) is 14.6. The second kappa shape index (κ2) is 13.9. The molecule has 0 aliphatic rings. The average Bonchev–Trinajstić information content (AvgIpc) is 2.59. The first-order valence-electron chi connectivity index (χ1n) is 8.50. The van der Waals surface area contributed by atoms with Crippen LogP contribution in [0.25, 0.3) is 0 Å². The number of nitrogens with two attached hydrogens (primary N) is 3. The monoisotopic (exact) mass is 344 g/mol. The highest BCUT2D eigenvalue weighted by atomic mass is 16.5. The Kier molecular flexibility index (Phi) is 13.0. The van der Waals surface area contributed by atoms with Crippen LogP contribution in [0.3, 0.4) is 0 Å². The molecule has 8 heteroatoms. The molecule has 0 heterocycles. The summed E-state index contributed by atoms with van der Waals surface area (Å²) in [4.78, 5) is 35.9. The quantitative estimate of drug-likeness (QED) is 0.243. The van der Waals surface area contributed by atoms with Gasteiger partial charge in [-0.2, -0.15) is 0 Å². The molecule has 0 fully saturated rings. The average molecular weight is 344 g/mol. The van der Waals surface area contributed by atoms with Crippen LogP contribution >= 0.6 is 0 Å². The number of hydrogen-bond acceptors (Lipinski definition) is 7. The van der Waals surface area contributed by atoms with E-state index in [1.165, 1.54) is 7.11 Å². The first kappa shape index (κ1) is 22.5. The predicted octanol–water partition coefficient (Wildman–Crippen LogP) is -0.564. The van der Waals surface area contributed by atoms with Gasteiger partial charge in [0.1, 0.15) is 0 Å². The molecule has 0 bridgehead atoms. The highest BCUT2D eigenvalue weighted by Crippen LogP contribution is 2.17. The van der Waals surface area contributed by atoms with E-state index in [-0.39, 0.29) is 24.7 Å². The number of nitrogens with one attached hydrogen (secondary N) is 1. The lowest BCUT2D eigenvalue weighted by Crippen LogP contribution is -2.44. The van der Waals surface area contributed by atoms with Crippen molar-refractivity contribution >= 4 is 17.7 Å². The van der Waals surface area contributed by atoms with Gasteiger partial charge < -0.3 is 27.3 Å². The number of carbonyl (C=O) groups excluding carboxylic acids is 3. The number of esters is 1. The van der Waals surface area contributed by atoms with Gasteiger partial charge in [0.15, 0.2) is 5.78 Å². The van der Waals surface area contributed by atoms with Crippen molar-refractivity contribution < 1.29 is 19.1 Å². The molecule has 24 heavy (non-hydrogen) atoms. The molecule has 2 unspecified atom stereocenters. The van der Waals surface area contributed by atoms with Gasteiger partial charge in [0.25, 0.3) is 0 Å². The van der Waals surface area contributed by atoms with Crippen LogP contribution < -0.4 is 22.5 Å². The summed E-state index contributed by atoms with van der Waals surface area (Å²) in [5.74, 6) is -1.50. The molecule has 0 saturated carbocycles. The summed E-state index contributed by atoms with van der Waals surface area (Å²) in [6, 6.07) is -0.644. The van der Waals surface area contributed by atoms with Crippen molar-refractivity contribution in [2.24, 2.45) is 23.1 Å². The molecule has 0 aromatic heterocycles. The Bertz CT molecular complexity index is 390. The van der Waals surface area contributed by atoms with Crippen molar-refractivity contribution in [1.29, 1.82) is 0 Å². The Balaban J connectivity index is 4.79. The summed E-state index contributed by atoms with van der Waals surface area (Å²) in [5.41, 5.74) is 16.2. The van der Waals surface area contributed by atoms with E-state index in [4.69, 9.17) is 21.9 Å². The van der Waals surface area contributed by atoms with Crippen molar-refractivity contribution in [2.45, 2.75) is 51.0 Å². The van der Waals surface area contributed by atoms with Gasteiger partial charge in [-0.05, 0) is 45.2 Å². The lowest BCUT2D eigenvalue weighted by atomic mass is 9.92. The van der Waals surface area contributed by atoms with Gasteiger partial charge in [0.05, 0.1) is 25.6 Å². The zero-order chi connectivity index (χ0) is 18.4. The standard InChI is InChI=1S/C16H32N4O4/c1-24-16(23)12(6-2-4-8-17)10-14(21)13(7-3-5-9-18)20-15(22)11-19/h12-13H,2-11,17-19H2,1H3,(H,20,22). The van der Waals surface area contributed by atoms with E-state index >= 15 is 0 Å². The minimum atomic E-state index is -0.644. The number of ketones is 1. The van der Waals surface area contributed by atoms with Crippen molar-refractivity contribution in [3.8, 4) is 0 Å². The number of rotatable bonds is 14. The van der Waals surface area contributed by atoms with E-state index in [1.807, 2.05) is 0 Å². The number of ether oxygens (including phenoxy) is 1. The lowest BCUT2D eigenvalue weighted by Gasteiger charge is -2.20. The third kappa shape index (κ3) is 9.59. The number of methoxy groups -OCH3 is 1. The Hall–Kier alpha value is -1.51. The van der Waals surface area contributed by atoms with E-state index in [9.17, 15) is 14.4 Å². The summed E-state index contributed by atoms with van der Waals surface area (Å²) in [6.45, 7) is 0.878. The Labute approximate surface area is 143 Å². The zero-order valence-corrected chi connectivity index (χ0v) is 14.6. The second-order valence-electron chi connectivity index (χ2n) is 5.78. The van der Waals surface area contributed by atoms with Crippen LogP contribution in [0.15, 0.2) is 0 Å². The summed E-state index contributed by atoms with van der Waals surface area (Å²) in [6.07, 6.45) is 4.07. The van der Waals surface area contributed by atoms with E-state index in [2.05, 4.69) is 5.32 Å². The molecular weight excluding hydrogens is 312 g/mol. The van der Waals surface area contributed by atoms with Gasteiger partial charge in [-0.1, -0.05) is 6.42 Å². The molecule has 0 spiro atoms. The molecule has 1 amide bonds. The minimum Gasteiger partial charge on any atom is -0.469 e. The van der Waals surface area contributed by atoms with Gasteiger partial charge >= 0.3 is 5.97 Å². The third-order valence-electron chi connectivity index (χ3n) is 3.85. The molecule has 0 radical (unpaired) electrons. The highest BCUT2D eigenvalue weighted by molar-refractivity contribution is 5.91. The maximum absolute atomic E-state index is 12.5. The first-order valence-corrected chi connectivity index (χ1v) is 8.50. The van der Waals surface area contributed by atoms with Crippen LogP contribution in [0.1, 0.15) is 44.9 Å². The van der Waals surface area contributed by atoms with Crippen LogP contribution in [-0.2, 0) is 19.1 Å². The van der Waals surface area contributed by atoms with Crippen molar-refractivity contribution in [3.63, 3.8) is 0 Å². The molecule has 0 saturated heterocycles. The van der Waals surface area contributed by atoms with Gasteiger partial charge in [0, 0.05) is 6.42 Å². The maximum atomic E-state index is 12.5. The topological polar surface area (TPSA) is 151 Å². The molecule has 0 rings (SSSR count). The highest BCUT2D eigenvalue weighted by Gasteiger charge is 2.27. The SMILES string of the molecule is COC(=O)C(CCCCN)CC(=O)C(CCCCN)NC(=O)CN. The molecule has 8 nitrogen and oxygen atoms in total. The largest absolute Gasteiger partial charge is 0.469 e. The third-order valence-corrected chi connectivity index (χ3v) is 3.85. The smallest absolute Gasteiger partial charge is 0.309 e. The molecule has 0 aliphatic carbocycles. The number of unbranched alkanes of at least 4 members (excludes halogenated alkanes) is 2. The molecule has 2 atom stereocenters. The predicted molar refractivity (Wildman–Crippen MR) is 91.9 cm³/mol. The van der Waals surface area contributed by atoms with Gasteiger partial charge in [0.2, 0.25) is 5.91 Å². The lowest BCUT2D eigenvalue weighted by molar-refractivity contribution is -0.147. The summed E-state index contributed by atoms with van der Waals surface area (Å²) < 4.78 is 4.78. The Morgan fingerprint density at radius 2 is 1.54 bits per heavy atom. The van der Waals surface area contributed by atoms with E-state index in [0.717, 1.165) is 19.3 Å². The molecule has 0 aliphatic heterocycles. The van der Waals surface area contributed by atoms with Gasteiger partial charge in [-0.25, -0.2) is 0 Å². The van der Waals surface area contributed by atoms with Crippen LogP contribution in [0, 0.1) is 5.92 Å². The molecule has 140 valence electrons. The fourth-order valence-electron chi connectivity index (χ4n) is 2.45. The van der Waals surface area contributed by atoms with Crippen LogP contribution in [0.4, 0.5) is 0 Å². The number of carbonyl (C=O) groups is 3. The summed E-state index contributed by atoms with van der Waals surface area (Å²) in [5, 5.41) is 2.63. The number of Topliss-reactive ketones (excluding diaryl/α,β-unsaturated/α-hetero) is 1. The van der Waals surface area contributed by atoms with Crippen LogP contribution in [-0.4, -0.2) is 50.4 Å². The van der Waals surface area contributed by atoms with Crippen molar-refractivity contribution in [1.82, 2.24) is 5.32 Å². The fourth-order valence-corrected chi connectivity index (χ4v) is 2.45. The molecule has 0 aromatic rings. The molecule has 7 N–H and O–H groups in total. The van der Waals surface area contributed by atoms with Crippen LogP contribution in [0.2, 0.25) is 0 Å². The number of hydrogen-bond donors (Lipinski definition) is 4. The van der Waals surface area contributed by atoms with E-state index in [1.54, 1.807) is 0 Å². The Morgan fingerprint density at radius 3 is 2.04 bits per heavy atom. The van der Waals surface area contributed by atoms with E-state index in [0.29, 0.717) is 32.4 Å². The fraction of sp³-hybridized carbons (Fsp3) is 0.812. The Morgan fingerprint density at radius 1 is 0.958 bits per heavy atom. The maximum Gasteiger partial charge on any atom is 0.309 e. The minimum absolute atomic E-state index is 0.0371. The van der Waals surface area contributed by atoms with Gasteiger partial charge in [-0.15, -0.1) is 0 Å². The van der Waals surface area contributed by atoms with Crippen LogP contribution in [0.5, 0.6) is 0 Å². The molecular formula is C16H32N4O4. The second-order valence-corrected chi connectivity index (χ2v) is 5.78. The first-order chi connectivity index (χ1) is 11.5.